The number of nitrogens with zero attached hydrogens (tertiary/aromatic N) is 4. The van der Waals surface area contributed by atoms with E-state index < -0.39 is 9.84 Å². The van der Waals surface area contributed by atoms with E-state index in [-0.39, 0.29) is 17.5 Å². The van der Waals surface area contributed by atoms with Gasteiger partial charge in [0.15, 0.2) is 15.7 Å². The highest BCUT2D eigenvalue weighted by Crippen LogP contribution is 2.21. The standard InChI is InChI=1S/C16H21N5O3S/c1-21(13-7-8-25(22,23)11-13)15-10-18-20-16(19-15)17-9-12-3-5-14(24-2)6-4-12/h3-6,10,13H,7-9,11H2,1-2H3,(H,17,19,20). The lowest BCUT2D eigenvalue weighted by atomic mass is 10.2. The fourth-order valence-electron chi connectivity index (χ4n) is 2.73. The maximum absolute atomic E-state index is 11.7. The van der Waals surface area contributed by atoms with Crippen LogP contribution in [0.2, 0.25) is 0 Å². The molecule has 0 bridgehead atoms. The van der Waals surface area contributed by atoms with Crippen LogP contribution in [0.15, 0.2) is 30.5 Å². The lowest BCUT2D eigenvalue weighted by Crippen LogP contribution is -2.33. The van der Waals surface area contributed by atoms with E-state index in [1.807, 2.05) is 36.2 Å². The summed E-state index contributed by atoms with van der Waals surface area (Å²) >= 11 is 0. The first-order valence-electron chi connectivity index (χ1n) is 7.96. The van der Waals surface area contributed by atoms with Gasteiger partial charge in [-0.05, 0) is 24.1 Å². The number of rotatable bonds is 6. The minimum absolute atomic E-state index is 0.0730. The van der Waals surface area contributed by atoms with E-state index in [4.69, 9.17) is 4.74 Å². The van der Waals surface area contributed by atoms with Crippen molar-refractivity contribution < 1.29 is 13.2 Å². The van der Waals surface area contributed by atoms with Crippen molar-refractivity contribution in [3.05, 3.63) is 36.0 Å². The van der Waals surface area contributed by atoms with Gasteiger partial charge in [0.1, 0.15) is 5.75 Å². The van der Waals surface area contributed by atoms with Crippen LogP contribution in [-0.4, -0.2) is 55.3 Å². The summed E-state index contributed by atoms with van der Waals surface area (Å²) in [6.07, 6.45) is 2.15. The number of sulfone groups is 1. The van der Waals surface area contributed by atoms with Gasteiger partial charge in [-0.1, -0.05) is 12.1 Å². The van der Waals surface area contributed by atoms with Crippen molar-refractivity contribution in [1.29, 1.82) is 0 Å². The summed E-state index contributed by atoms with van der Waals surface area (Å²) in [7, 11) is 0.523. The lowest BCUT2D eigenvalue weighted by molar-refractivity contribution is 0.414. The van der Waals surface area contributed by atoms with E-state index >= 15 is 0 Å². The minimum Gasteiger partial charge on any atom is -0.497 e. The van der Waals surface area contributed by atoms with E-state index in [9.17, 15) is 8.42 Å². The molecule has 1 aromatic heterocycles. The van der Waals surface area contributed by atoms with Gasteiger partial charge in [0, 0.05) is 19.6 Å². The summed E-state index contributed by atoms with van der Waals surface area (Å²) in [5.41, 5.74) is 1.06. The molecule has 25 heavy (non-hydrogen) atoms. The van der Waals surface area contributed by atoms with Crippen LogP contribution in [-0.2, 0) is 16.4 Å². The van der Waals surface area contributed by atoms with Crippen LogP contribution in [0.4, 0.5) is 11.8 Å². The summed E-state index contributed by atoms with van der Waals surface area (Å²) in [6.45, 7) is 0.552. The highest BCUT2D eigenvalue weighted by molar-refractivity contribution is 7.91. The van der Waals surface area contributed by atoms with Gasteiger partial charge in [0.05, 0.1) is 24.8 Å². The molecule has 1 atom stereocenters. The number of methoxy groups -OCH3 is 1. The average molecular weight is 363 g/mol. The first-order chi connectivity index (χ1) is 12.0. The number of hydrogen-bond donors (Lipinski definition) is 1. The Balaban J connectivity index is 1.64. The Labute approximate surface area is 147 Å². The average Bonchev–Trinajstić information content (AvgIpc) is 3.00. The molecule has 1 aliphatic heterocycles. The molecule has 2 heterocycles. The van der Waals surface area contributed by atoms with Crippen LogP contribution >= 0.6 is 0 Å². The van der Waals surface area contributed by atoms with Crippen molar-refractivity contribution in [1.82, 2.24) is 15.2 Å². The van der Waals surface area contributed by atoms with Crippen LogP contribution in [0.1, 0.15) is 12.0 Å². The zero-order valence-corrected chi connectivity index (χ0v) is 15.0. The zero-order valence-electron chi connectivity index (χ0n) is 14.2. The van der Waals surface area contributed by atoms with Crippen molar-refractivity contribution in [2.75, 3.05) is 35.9 Å². The smallest absolute Gasteiger partial charge is 0.244 e. The molecule has 1 unspecified atom stereocenters. The number of hydrogen-bond acceptors (Lipinski definition) is 8. The summed E-state index contributed by atoms with van der Waals surface area (Å²) in [4.78, 5) is 6.29. The largest absolute Gasteiger partial charge is 0.497 e. The highest BCUT2D eigenvalue weighted by Gasteiger charge is 2.31. The third-order valence-electron chi connectivity index (χ3n) is 4.27. The van der Waals surface area contributed by atoms with Gasteiger partial charge in [-0.3, -0.25) is 0 Å². The lowest BCUT2D eigenvalue weighted by Gasteiger charge is -2.24. The predicted molar refractivity (Wildman–Crippen MR) is 95.6 cm³/mol. The summed E-state index contributed by atoms with van der Waals surface area (Å²) in [6, 6.07) is 7.62. The van der Waals surface area contributed by atoms with Crippen molar-refractivity contribution in [2.45, 2.75) is 19.0 Å². The van der Waals surface area contributed by atoms with Crippen LogP contribution in [0.5, 0.6) is 5.75 Å². The van der Waals surface area contributed by atoms with Gasteiger partial charge < -0.3 is 15.0 Å². The summed E-state index contributed by atoms with van der Waals surface area (Å²) in [5.74, 6) is 2.19. The van der Waals surface area contributed by atoms with E-state index in [2.05, 4.69) is 20.5 Å². The van der Waals surface area contributed by atoms with Crippen LogP contribution < -0.4 is 15.0 Å². The molecule has 0 spiro atoms. The Morgan fingerprint density at radius 2 is 2.08 bits per heavy atom. The topological polar surface area (TPSA) is 97.3 Å². The molecular weight excluding hydrogens is 342 g/mol. The minimum atomic E-state index is -2.94. The number of anilines is 2. The molecule has 1 aromatic carbocycles. The molecule has 9 heteroatoms. The fourth-order valence-corrected chi connectivity index (χ4v) is 4.51. The molecule has 1 aliphatic rings. The molecule has 0 radical (unpaired) electrons. The van der Waals surface area contributed by atoms with Gasteiger partial charge in [-0.2, -0.15) is 10.1 Å². The van der Waals surface area contributed by atoms with Crippen LogP contribution in [0.3, 0.4) is 0 Å². The van der Waals surface area contributed by atoms with Gasteiger partial charge >= 0.3 is 0 Å². The maximum atomic E-state index is 11.7. The first-order valence-corrected chi connectivity index (χ1v) is 9.79. The zero-order chi connectivity index (χ0) is 17.9. The second-order valence-corrected chi connectivity index (χ2v) is 8.24. The fraction of sp³-hybridized carbons (Fsp3) is 0.438. The number of benzene rings is 1. The van der Waals surface area contributed by atoms with E-state index in [1.165, 1.54) is 0 Å². The van der Waals surface area contributed by atoms with Crippen molar-refractivity contribution in [3.8, 4) is 5.75 Å². The normalized spacial score (nSPS) is 18.7. The molecule has 0 amide bonds. The van der Waals surface area contributed by atoms with E-state index in [0.717, 1.165) is 11.3 Å². The van der Waals surface area contributed by atoms with Gasteiger partial charge in [0.25, 0.3) is 0 Å². The first kappa shape index (κ1) is 17.4. The molecule has 1 fully saturated rings. The maximum Gasteiger partial charge on any atom is 0.244 e. The van der Waals surface area contributed by atoms with Crippen molar-refractivity contribution in [2.24, 2.45) is 0 Å². The Morgan fingerprint density at radius 3 is 2.72 bits per heavy atom. The number of nitrogens with one attached hydrogen (secondary N) is 1. The Bertz CT molecular complexity index is 826. The second kappa shape index (κ2) is 7.22. The highest BCUT2D eigenvalue weighted by atomic mass is 32.2. The van der Waals surface area contributed by atoms with E-state index in [0.29, 0.717) is 24.7 Å². The molecule has 3 rings (SSSR count). The van der Waals surface area contributed by atoms with Gasteiger partial charge in [0.2, 0.25) is 5.95 Å². The van der Waals surface area contributed by atoms with Crippen molar-refractivity contribution >= 4 is 21.6 Å². The Morgan fingerprint density at radius 1 is 1.32 bits per heavy atom. The molecular formula is C16H21N5O3S. The monoisotopic (exact) mass is 363 g/mol. The molecule has 0 saturated carbocycles. The van der Waals surface area contributed by atoms with Gasteiger partial charge in [-0.25, -0.2) is 8.42 Å². The van der Waals surface area contributed by atoms with Crippen LogP contribution in [0.25, 0.3) is 0 Å². The van der Waals surface area contributed by atoms with Crippen molar-refractivity contribution in [3.63, 3.8) is 0 Å². The van der Waals surface area contributed by atoms with E-state index in [1.54, 1.807) is 13.3 Å². The summed E-state index contributed by atoms with van der Waals surface area (Å²) in [5, 5.41) is 11.1. The molecule has 1 saturated heterocycles. The quantitative estimate of drug-likeness (QED) is 0.815. The molecule has 0 aliphatic carbocycles. The molecule has 1 N–H and O–H groups in total. The summed E-state index contributed by atoms with van der Waals surface area (Å²) < 4.78 is 28.4. The number of aromatic nitrogens is 3. The third kappa shape index (κ3) is 4.36. The second-order valence-electron chi connectivity index (χ2n) is 6.01. The molecule has 134 valence electrons. The Kier molecular flexibility index (Phi) is 5.03. The molecule has 2 aromatic rings. The Hall–Kier alpha value is -2.42. The SMILES string of the molecule is COc1ccc(CNc2nncc(N(C)C3CCS(=O)(=O)C3)n2)cc1. The van der Waals surface area contributed by atoms with Gasteiger partial charge in [-0.15, -0.1) is 5.10 Å². The predicted octanol–water partition coefficient (Wildman–Crippen LogP) is 1.12. The third-order valence-corrected chi connectivity index (χ3v) is 6.02. The molecule has 8 nitrogen and oxygen atoms in total. The number of ether oxygens (including phenoxy) is 1. The van der Waals surface area contributed by atoms with Crippen LogP contribution in [0, 0.1) is 0 Å².